The number of non-ortho nitro benzene ring substituents is 2. The number of H-pyrrole nitrogens is 2. The van der Waals surface area contributed by atoms with E-state index in [0.29, 0.717) is 24.3 Å². The third-order valence-corrected chi connectivity index (χ3v) is 15.6. The molecule has 4 aliphatic heterocycles. The standard InChI is InChI=1S/C66H22F20N8O4/c67-47-43(48(68)56(76)63(83)55(47)75)39-29-11-7-25(87-29)37(21-3-1-5-23(19-21)93(95)96)26-8-12-30(88-26)40(44-49(69)57(77)64(84)58(78)50(44)70)34-16-18-36(92-34)42(46-53(73)61(81)66(86)62(82)54(46)74)32-14-10-28(90-32)38(22-4-2-6-24(20-22)94(97)98)27-9-13-31(89-27)41(35-17-15-33(39)91-35)45-51(71)59(79)65(85)60(80)52(45)72/h1-20,87,90H. The van der Waals surface area contributed by atoms with Gasteiger partial charge in [-0.05, 0) is 84.0 Å². The quantitative estimate of drug-likeness (QED) is 0.0498. The monoisotopic (exact) mass is 1370 g/mol. The number of aromatic amines is 2. The Kier molecular flexibility index (Phi) is 15.6. The van der Waals surface area contributed by atoms with Crippen LogP contribution < -0.4 is 0 Å². The minimum Gasteiger partial charge on any atom is -0.354 e. The van der Waals surface area contributed by atoms with E-state index in [-0.39, 0.29) is 11.1 Å². The molecule has 12 nitrogen and oxygen atoms in total. The van der Waals surface area contributed by atoms with Crippen LogP contribution in [0, 0.1) is 137 Å². The molecule has 2 N–H and O–H groups in total. The van der Waals surface area contributed by atoms with Gasteiger partial charge in [0.15, 0.2) is 93.1 Å². The molecule has 6 aromatic carbocycles. The molecule has 0 saturated heterocycles. The van der Waals surface area contributed by atoms with Crippen LogP contribution in [0.2, 0.25) is 0 Å². The summed E-state index contributed by atoms with van der Waals surface area (Å²) in [4.78, 5) is 45.1. The predicted octanol–water partition coefficient (Wildman–Crippen LogP) is 19.3. The van der Waals surface area contributed by atoms with E-state index in [1.165, 1.54) is 0 Å². The molecule has 0 aliphatic carbocycles. The van der Waals surface area contributed by atoms with Gasteiger partial charge < -0.3 is 9.97 Å². The third kappa shape index (κ3) is 10.1. The summed E-state index contributed by atoms with van der Waals surface area (Å²) in [5, 5.41) is 24.6. The summed E-state index contributed by atoms with van der Waals surface area (Å²) in [5.74, 6) is -52.6. The maximum Gasteiger partial charge on any atom is 0.270 e. The first-order valence-corrected chi connectivity index (χ1v) is 27.4. The minimum atomic E-state index is -2.72. The zero-order chi connectivity index (χ0) is 70.1. The zero-order valence-electron chi connectivity index (χ0n) is 47.4. The summed E-state index contributed by atoms with van der Waals surface area (Å²) in [7, 11) is 0. The predicted molar refractivity (Wildman–Crippen MR) is 313 cm³/mol. The van der Waals surface area contributed by atoms with Gasteiger partial charge in [-0.15, -0.1) is 0 Å². The lowest BCUT2D eigenvalue weighted by Gasteiger charge is -2.11. The van der Waals surface area contributed by atoms with Crippen LogP contribution in [0.15, 0.2) is 72.8 Å². The molecule has 0 fully saturated rings. The van der Waals surface area contributed by atoms with Gasteiger partial charge in [-0.25, -0.2) is 108 Å². The van der Waals surface area contributed by atoms with Gasteiger partial charge in [0.1, 0.15) is 0 Å². The van der Waals surface area contributed by atoms with Crippen molar-refractivity contribution in [3.63, 3.8) is 0 Å². The van der Waals surface area contributed by atoms with Gasteiger partial charge in [0.05, 0.1) is 77.7 Å². The third-order valence-electron chi connectivity index (χ3n) is 15.6. The van der Waals surface area contributed by atoms with Crippen LogP contribution in [0.5, 0.6) is 0 Å². The molecule has 9 aromatic rings. The van der Waals surface area contributed by atoms with Crippen LogP contribution in [0.3, 0.4) is 0 Å². The molecule has 3 aromatic heterocycles. The summed E-state index contributed by atoms with van der Waals surface area (Å²) < 4.78 is 316. The topological polar surface area (TPSA) is 169 Å². The SMILES string of the molecule is O=[N+]([O-])c1cccc(-c2c3nc(c(-c4c(F)c(F)c(F)c(F)c4F)c4nc(c(-c5c(F)c(F)c(F)c(F)c5F)c5ccc([nH]5)c(-c5cccc([N+](=O)[O-])c5)c5nc(c(-c6c(F)c(F)c(F)c(F)c6F)c6nc(c(-c7c(F)c(F)c(F)c(F)c7F)c7ccc2[nH]7)C=C6)C=C5)C=C4)C=C3)c1. The first-order valence-electron chi connectivity index (χ1n) is 27.4. The van der Waals surface area contributed by atoms with Crippen molar-refractivity contribution in [1.82, 2.24) is 29.9 Å². The average molecular weight is 1370 g/mol. The summed E-state index contributed by atoms with van der Waals surface area (Å²) in [6.45, 7) is 0. The summed E-state index contributed by atoms with van der Waals surface area (Å²) in [6, 6.07) is 11.5. The molecular weight excluding hydrogens is 1350 g/mol. The number of aromatic nitrogens is 6. The Morgan fingerprint density at radius 1 is 0.245 bits per heavy atom. The Balaban J connectivity index is 1.31. The number of nitro groups is 2. The fourth-order valence-corrected chi connectivity index (χ4v) is 11.2. The van der Waals surface area contributed by atoms with Gasteiger partial charge >= 0.3 is 0 Å². The fourth-order valence-electron chi connectivity index (χ4n) is 11.2. The van der Waals surface area contributed by atoms with Crippen LogP contribution in [-0.2, 0) is 0 Å². The Hall–Kier alpha value is -12.4. The molecule has 490 valence electrons. The second-order valence-corrected chi connectivity index (χ2v) is 21.1. The molecule has 98 heavy (non-hydrogen) atoms. The van der Waals surface area contributed by atoms with Crippen molar-refractivity contribution in [2.24, 2.45) is 0 Å². The van der Waals surface area contributed by atoms with Crippen molar-refractivity contribution in [1.29, 1.82) is 0 Å². The van der Waals surface area contributed by atoms with Crippen molar-refractivity contribution in [3.05, 3.63) is 255 Å². The average Bonchev–Trinajstić information content (AvgIpc) is 1.15. The molecule has 0 saturated carbocycles. The molecule has 0 amide bonds. The minimum absolute atomic E-state index is 0.335. The van der Waals surface area contributed by atoms with Gasteiger partial charge in [0, 0.05) is 79.7 Å². The smallest absolute Gasteiger partial charge is 0.270 e. The van der Waals surface area contributed by atoms with E-state index >= 15 is 70.2 Å². The number of halogens is 20. The van der Waals surface area contributed by atoms with Gasteiger partial charge in [0.25, 0.3) is 11.4 Å². The summed E-state index contributed by atoms with van der Waals surface area (Å²) >= 11 is 0. The highest BCUT2D eigenvalue weighted by Gasteiger charge is 2.36. The molecule has 32 heteroatoms. The van der Waals surface area contributed by atoms with Gasteiger partial charge in [-0.3, -0.25) is 20.2 Å². The highest BCUT2D eigenvalue weighted by atomic mass is 19.2. The summed E-state index contributed by atoms with van der Waals surface area (Å²) in [6.07, 6.45) is 6.09. The Labute approximate surface area is 529 Å². The molecule has 0 radical (unpaired) electrons. The molecule has 4 aliphatic rings. The summed E-state index contributed by atoms with van der Waals surface area (Å²) in [5.41, 5.74) is -24.9. The van der Waals surface area contributed by atoms with Gasteiger partial charge in [-0.1, -0.05) is 24.3 Å². The largest absolute Gasteiger partial charge is 0.354 e. The van der Waals surface area contributed by atoms with Crippen LogP contribution in [0.4, 0.5) is 99.2 Å². The lowest BCUT2D eigenvalue weighted by molar-refractivity contribution is -0.385. The number of nitrogens with one attached hydrogen (secondary N) is 2. The number of benzene rings is 6. The van der Waals surface area contributed by atoms with Crippen LogP contribution in [0.1, 0.15) is 45.6 Å². The molecular formula is C66H22F20N8O4. The molecule has 7 heterocycles. The van der Waals surface area contributed by atoms with E-state index in [1.54, 1.807) is 0 Å². The lowest BCUT2D eigenvalue weighted by atomic mass is 10.00. The Morgan fingerprint density at radius 3 is 0.673 bits per heavy atom. The number of hydrogen-bond donors (Lipinski definition) is 2. The van der Waals surface area contributed by atoms with Crippen LogP contribution >= 0.6 is 0 Å². The van der Waals surface area contributed by atoms with Crippen molar-refractivity contribution >= 4 is 82.0 Å². The normalized spacial score (nSPS) is 12.3. The molecule has 0 spiro atoms. The number of hydrogen-bond acceptors (Lipinski definition) is 8. The zero-order valence-corrected chi connectivity index (χ0v) is 47.4. The first kappa shape index (κ1) is 64.3. The van der Waals surface area contributed by atoms with Crippen molar-refractivity contribution in [3.8, 4) is 66.8 Å². The maximum atomic E-state index is 16.5. The molecule has 12 bridgehead atoms. The van der Waals surface area contributed by atoms with E-state index in [1.807, 2.05) is 0 Å². The Morgan fingerprint density at radius 2 is 0.439 bits per heavy atom. The second-order valence-electron chi connectivity index (χ2n) is 21.1. The first-order chi connectivity index (χ1) is 46.6. The van der Waals surface area contributed by atoms with E-state index in [0.717, 1.165) is 97.1 Å². The fraction of sp³-hybridized carbons (Fsp3) is 0. The highest BCUT2D eigenvalue weighted by Crippen LogP contribution is 2.46. The van der Waals surface area contributed by atoms with E-state index in [4.69, 9.17) is 0 Å². The lowest BCUT2D eigenvalue weighted by Crippen LogP contribution is -2.06. The maximum absolute atomic E-state index is 16.5. The number of fused-ring (bicyclic) bond motifs is 12. The van der Waals surface area contributed by atoms with Crippen molar-refractivity contribution < 1.29 is 97.7 Å². The molecule has 13 rings (SSSR count). The van der Waals surface area contributed by atoms with E-state index < -0.39 is 261 Å². The van der Waals surface area contributed by atoms with E-state index in [2.05, 4.69) is 29.9 Å². The van der Waals surface area contributed by atoms with Crippen LogP contribution in [-0.4, -0.2) is 39.8 Å². The van der Waals surface area contributed by atoms with Crippen LogP contribution in [0.25, 0.3) is 137 Å². The number of rotatable bonds is 8. The van der Waals surface area contributed by atoms with Gasteiger partial charge in [-0.2, -0.15) is 0 Å². The van der Waals surface area contributed by atoms with E-state index in [9.17, 15) is 37.8 Å². The molecule has 0 unspecified atom stereocenters. The highest BCUT2D eigenvalue weighted by molar-refractivity contribution is 6.01. The molecule has 0 atom stereocenters. The Bertz CT molecular complexity index is 5230. The van der Waals surface area contributed by atoms with Crippen molar-refractivity contribution in [2.75, 3.05) is 0 Å². The number of nitro benzene ring substituents is 2. The van der Waals surface area contributed by atoms with Gasteiger partial charge in [0.2, 0.25) is 23.3 Å². The second kappa shape index (κ2) is 23.8. The number of nitrogens with zero attached hydrogens (tertiary/aromatic N) is 6. The van der Waals surface area contributed by atoms with Crippen molar-refractivity contribution in [2.45, 2.75) is 0 Å².